The van der Waals surface area contributed by atoms with Gasteiger partial charge in [0.15, 0.2) is 0 Å². The molecule has 0 radical (unpaired) electrons. The Hall–Kier alpha value is -3.47. The van der Waals surface area contributed by atoms with E-state index in [1.54, 1.807) is 45.0 Å². The Morgan fingerprint density at radius 2 is 1.88 bits per heavy atom. The van der Waals surface area contributed by atoms with Crippen LogP contribution in [0.5, 0.6) is 0 Å². The largest absolute Gasteiger partial charge is 0.444 e. The molecule has 1 aromatic heterocycles. The van der Waals surface area contributed by atoms with Crippen LogP contribution in [-0.4, -0.2) is 27.6 Å². The number of nitrogens with one attached hydrogen (secondary N) is 2. The molecule has 1 heterocycles. The second kappa shape index (κ2) is 8.07. The van der Waals surface area contributed by atoms with Crippen molar-refractivity contribution in [1.29, 1.82) is 5.26 Å². The van der Waals surface area contributed by atoms with Gasteiger partial charge in [0.1, 0.15) is 23.4 Å². The molecule has 0 saturated heterocycles. The third kappa shape index (κ3) is 5.87. The molecule has 0 saturated carbocycles. The molecule has 2 amide bonds. The van der Waals surface area contributed by atoms with Crippen molar-refractivity contribution >= 4 is 17.8 Å². The summed E-state index contributed by atoms with van der Waals surface area (Å²) in [5.74, 6) is -0.248. The Kier molecular flexibility index (Phi) is 5.86. The third-order valence-electron chi connectivity index (χ3n) is 3.06. The van der Waals surface area contributed by atoms with Gasteiger partial charge in [0.05, 0.1) is 11.6 Å². The first kappa shape index (κ1) is 18.9. The highest BCUT2D eigenvalue weighted by Gasteiger charge is 2.17. The summed E-state index contributed by atoms with van der Waals surface area (Å²) < 4.78 is 5.13. The lowest BCUT2D eigenvalue weighted by molar-refractivity contribution is 0.0635. The van der Waals surface area contributed by atoms with Crippen molar-refractivity contribution in [3.8, 4) is 6.07 Å². The number of hydrogen-bond acceptors (Lipinski definition) is 6. The molecule has 8 heteroatoms. The number of ether oxygens (including phenoxy) is 1. The molecule has 0 bridgehead atoms. The maximum atomic E-state index is 12.2. The fourth-order valence-corrected chi connectivity index (χ4v) is 1.93. The number of benzene rings is 1. The van der Waals surface area contributed by atoms with Gasteiger partial charge < -0.3 is 10.1 Å². The normalized spacial score (nSPS) is 10.5. The predicted octanol–water partition coefficient (Wildman–Crippen LogP) is 2.63. The van der Waals surface area contributed by atoms with Gasteiger partial charge in [-0.05, 0) is 38.5 Å². The molecule has 0 aliphatic carbocycles. The van der Waals surface area contributed by atoms with E-state index in [1.807, 2.05) is 6.07 Å². The molecule has 2 N–H and O–H groups in total. The van der Waals surface area contributed by atoms with Crippen LogP contribution in [-0.2, 0) is 11.3 Å². The SMILES string of the molecule is CC(C)(C)OC(=O)Nc1cc(C(=O)NCc2ccc(C#N)cc2)ncn1. The van der Waals surface area contributed by atoms with Crippen molar-refractivity contribution in [3.05, 3.63) is 53.5 Å². The van der Waals surface area contributed by atoms with E-state index in [-0.39, 0.29) is 18.1 Å². The quantitative estimate of drug-likeness (QED) is 0.872. The van der Waals surface area contributed by atoms with E-state index in [0.717, 1.165) is 5.56 Å². The van der Waals surface area contributed by atoms with Crippen LogP contribution >= 0.6 is 0 Å². The minimum atomic E-state index is -0.667. The highest BCUT2D eigenvalue weighted by molar-refractivity contribution is 5.93. The zero-order valence-corrected chi connectivity index (χ0v) is 14.7. The van der Waals surface area contributed by atoms with Crippen LogP contribution < -0.4 is 10.6 Å². The number of hydrogen-bond donors (Lipinski definition) is 2. The van der Waals surface area contributed by atoms with E-state index in [0.29, 0.717) is 5.56 Å². The van der Waals surface area contributed by atoms with Crippen LogP contribution in [0.1, 0.15) is 42.4 Å². The minimum Gasteiger partial charge on any atom is -0.444 e. The lowest BCUT2D eigenvalue weighted by Crippen LogP contribution is -2.28. The number of amides is 2. The van der Waals surface area contributed by atoms with Crippen LogP contribution in [0.25, 0.3) is 0 Å². The average Bonchev–Trinajstić information content (AvgIpc) is 2.58. The number of carbonyl (C=O) groups excluding carboxylic acids is 2. The highest BCUT2D eigenvalue weighted by atomic mass is 16.6. The van der Waals surface area contributed by atoms with E-state index in [1.165, 1.54) is 12.4 Å². The second-order valence-electron chi connectivity index (χ2n) is 6.41. The van der Waals surface area contributed by atoms with Crippen molar-refractivity contribution < 1.29 is 14.3 Å². The van der Waals surface area contributed by atoms with Gasteiger partial charge in [-0.25, -0.2) is 14.8 Å². The summed E-state index contributed by atoms with van der Waals surface area (Å²) >= 11 is 0. The van der Waals surface area contributed by atoms with Crippen molar-refractivity contribution in [1.82, 2.24) is 15.3 Å². The maximum Gasteiger partial charge on any atom is 0.413 e. The summed E-state index contributed by atoms with van der Waals surface area (Å²) in [6.07, 6.45) is 0.517. The molecular weight excluding hydrogens is 334 g/mol. The van der Waals surface area contributed by atoms with Gasteiger partial charge in [-0.15, -0.1) is 0 Å². The molecule has 0 atom stereocenters. The van der Waals surface area contributed by atoms with E-state index < -0.39 is 17.6 Å². The molecule has 2 rings (SSSR count). The minimum absolute atomic E-state index is 0.111. The van der Waals surface area contributed by atoms with Gasteiger partial charge in [-0.2, -0.15) is 5.26 Å². The molecule has 2 aromatic rings. The molecule has 8 nitrogen and oxygen atoms in total. The Morgan fingerprint density at radius 3 is 2.50 bits per heavy atom. The fraction of sp³-hybridized carbons (Fsp3) is 0.278. The predicted molar refractivity (Wildman–Crippen MR) is 94.2 cm³/mol. The topological polar surface area (TPSA) is 117 Å². The van der Waals surface area contributed by atoms with Gasteiger partial charge in [0, 0.05) is 12.6 Å². The number of anilines is 1. The molecule has 26 heavy (non-hydrogen) atoms. The summed E-state index contributed by atoms with van der Waals surface area (Å²) in [6, 6.07) is 10.3. The molecule has 0 unspecified atom stereocenters. The highest BCUT2D eigenvalue weighted by Crippen LogP contribution is 2.10. The molecule has 134 valence electrons. The van der Waals surface area contributed by atoms with Gasteiger partial charge in [-0.3, -0.25) is 10.1 Å². The Bertz CT molecular complexity index is 835. The average molecular weight is 353 g/mol. The standard InChI is InChI=1S/C18H19N5O3/c1-18(2,3)26-17(25)23-15-8-14(21-11-22-15)16(24)20-10-13-6-4-12(9-19)5-7-13/h4-8,11H,10H2,1-3H3,(H,20,24)(H,21,22,23,25). The fourth-order valence-electron chi connectivity index (χ4n) is 1.93. The second-order valence-corrected chi connectivity index (χ2v) is 6.41. The first-order valence-electron chi connectivity index (χ1n) is 7.86. The zero-order valence-electron chi connectivity index (χ0n) is 14.7. The van der Waals surface area contributed by atoms with Crippen LogP contribution in [0.3, 0.4) is 0 Å². The smallest absolute Gasteiger partial charge is 0.413 e. The monoisotopic (exact) mass is 353 g/mol. The Balaban J connectivity index is 1.96. The van der Waals surface area contributed by atoms with Gasteiger partial charge >= 0.3 is 6.09 Å². The van der Waals surface area contributed by atoms with Crippen molar-refractivity contribution in [2.24, 2.45) is 0 Å². The number of rotatable bonds is 4. The molecule has 0 spiro atoms. The van der Waals surface area contributed by atoms with E-state index in [4.69, 9.17) is 10.00 Å². The molecule has 0 aliphatic heterocycles. The van der Waals surface area contributed by atoms with Crippen LogP contribution in [0.4, 0.5) is 10.6 Å². The number of carbonyl (C=O) groups is 2. The lowest BCUT2D eigenvalue weighted by Gasteiger charge is -2.19. The first-order chi connectivity index (χ1) is 12.3. The van der Waals surface area contributed by atoms with Crippen molar-refractivity contribution in [2.75, 3.05) is 5.32 Å². The van der Waals surface area contributed by atoms with E-state index >= 15 is 0 Å². The van der Waals surface area contributed by atoms with Crippen LogP contribution in [0.15, 0.2) is 36.7 Å². The van der Waals surface area contributed by atoms with E-state index in [9.17, 15) is 9.59 Å². The summed E-state index contributed by atoms with van der Waals surface area (Å²) in [7, 11) is 0. The van der Waals surface area contributed by atoms with Crippen molar-refractivity contribution in [3.63, 3.8) is 0 Å². The summed E-state index contributed by atoms with van der Waals surface area (Å²) in [5, 5.41) is 13.9. The van der Waals surface area contributed by atoms with Gasteiger partial charge in [0.2, 0.25) is 0 Å². The van der Waals surface area contributed by atoms with Crippen LogP contribution in [0.2, 0.25) is 0 Å². The molecular formula is C18H19N5O3. The van der Waals surface area contributed by atoms with Crippen LogP contribution in [0, 0.1) is 11.3 Å². The Morgan fingerprint density at radius 1 is 1.19 bits per heavy atom. The zero-order chi connectivity index (χ0) is 19.2. The molecule has 1 aromatic carbocycles. The Labute approximate surface area is 151 Å². The maximum absolute atomic E-state index is 12.2. The molecule has 0 aliphatic rings. The van der Waals surface area contributed by atoms with E-state index in [2.05, 4.69) is 20.6 Å². The number of aromatic nitrogens is 2. The summed E-state index contributed by atoms with van der Waals surface area (Å²) in [5.41, 5.74) is 0.866. The van der Waals surface area contributed by atoms with Gasteiger partial charge in [0.25, 0.3) is 5.91 Å². The number of nitrogens with zero attached hydrogens (tertiary/aromatic N) is 3. The lowest BCUT2D eigenvalue weighted by atomic mass is 10.1. The summed E-state index contributed by atoms with van der Waals surface area (Å²) in [6.45, 7) is 5.52. The molecule has 0 fully saturated rings. The van der Waals surface area contributed by atoms with Crippen molar-refractivity contribution in [2.45, 2.75) is 32.9 Å². The summed E-state index contributed by atoms with van der Waals surface area (Å²) in [4.78, 5) is 31.8. The first-order valence-corrected chi connectivity index (χ1v) is 7.86. The third-order valence-corrected chi connectivity index (χ3v) is 3.06. The van der Waals surface area contributed by atoms with Gasteiger partial charge in [-0.1, -0.05) is 12.1 Å². The number of nitriles is 1.